The molecule has 0 bridgehead atoms. The van der Waals surface area contributed by atoms with Gasteiger partial charge in [0.25, 0.3) is 5.91 Å². The average Bonchev–Trinajstić information content (AvgIpc) is 2.84. The fourth-order valence-electron chi connectivity index (χ4n) is 3.59. The first-order chi connectivity index (χ1) is 16.4. The number of hydrogen-bond acceptors (Lipinski definition) is 4. The smallest absolute Gasteiger partial charge is 0.336 e. The fourth-order valence-corrected chi connectivity index (χ4v) is 4.29. The Morgan fingerprint density at radius 3 is 2.15 bits per heavy atom. The second-order valence-corrected chi connectivity index (χ2v) is 8.69. The van der Waals surface area contributed by atoms with E-state index in [1.807, 2.05) is 43.3 Å². The summed E-state index contributed by atoms with van der Waals surface area (Å²) in [4.78, 5) is 37.7. The van der Waals surface area contributed by atoms with Crippen LogP contribution in [-0.2, 0) is 4.79 Å². The van der Waals surface area contributed by atoms with E-state index < -0.39 is 11.9 Å². The molecule has 2 amide bonds. The van der Waals surface area contributed by atoms with Gasteiger partial charge in [-0.05, 0) is 60.3 Å². The molecule has 0 saturated carbocycles. The average molecular weight is 471 g/mol. The number of nitrogens with one attached hydrogen (secondary N) is 2. The van der Waals surface area contributed by atoms with E-state index in [1.165, 1.54) is 17.8 Å². The van der Waals surface area contributed by atoms with Crippen molar-refractivity contribution in [2.45, 2.75) is 11.8 Å². The summed E-state index contributed by atoms with van der Waals surface area (Å²) < 4.78 is 0. The van der Waals surface area contributed by atoms with Crippen LogP contribution in [0.5, 0.6) is 0 Å². The number of rotatable bonds is 7. The predicted molar refractivity (Wildman–Crippen MR) is 136 cm³/mol. The molecule has 34 heavy (non-hydrogen) atoms. The van der Waals surface area contributed by atoms with Crippen molar-refractivity contribution in [3.05, 3.63) is 102 Å². The molecule has 0 radical (unpaired) electrons. The van der Waals surface area contributed by atoms with Gasteiger partial charge in [0.1, 0.15) is 0 Å². The quantitative estimate of drug-likeness (QED) is 0.295. The number of carboxylic acid groups (broad SMARTS) is 1. The fraction of sp³-hybridized carbons (Fsp3) is 0.0741. The highest BCUT2D eigenvalue weighted by Crippen LogP contribution is 2.25. The monoisotopic (exact) mass is 470 g/mol. The number of carbonyl (C=O) groups is 3. The Morgan fingerprint density at radius 1 is 0.794 bits per heavy atom. The number of fused-ring (bicyclic) bond motifs is 1. The zero-order valence-electron chi connectivity index (χ0n) is 18.4. The minimum Gasteiger partial charge on any atom is -0.478 e. The van der Waals surface area contributed by atoms with E-state index >= 15 is 0 Å². The molecule has 0 aromatic heterocycles. The van der Waals surface area contributed by atoms with E-state index in [1.54, 1.807) is 42.5 Å². The number of aromatic carboxylic acids is 1. The van der Waals surface area contributed by atoms with Gasteiger partial charge in [0.05, 0.1) is 11.3 Å². The summed E-state index contributed by atoms with van der Waals surface area (Å²) in [5.74, 6) is -1.31. The van der Waals surface area contributed by atoms with Crippen LogP contribution in [0.3, 0.4) is 0 Å². The number of carbonyl (C=O) groups excluding carboxylic acids is 2. The van der Waals surface area contributed by atoms with Crippen LogP contribution in [0.1, 0.15) is 26.3 Å². The van der Waals surface area contributed by atoms with Gasteiger partial charge in [-0.25, -0.2) is 4.79 Å². The summed E-state index contributed by atoms with van der Waals surface area (Å²) in [6.45, 7) is 1.94. The lowest BCUT2D eigenvalue weighted by Gasteiger charge is -2.11. The first-order valence-corrected chi connectivity index (χ1v) is 11.6. The standard InChI is InChI=1S/C27H22N2O4S/c1-17-6-2-3-11-23(17)29-24(30)16-34-20-14-12-19(13-15-20)28-26(31)21-9-4-7-18-8-5-10-22(25(18)21)27(32)33/h2-15H,16H2,1H3,(H,28,31)(H,29,30)(H,32,33). The molecule has 0 unspecified atom stereocenters. The van der Waals surface area contributed by atoms with Gasteiger partial charge in [0.15, 0.2) is 0 Å². The van der Waals surface area contributed by atoms with Gasteiger partial charge < -0.3 is 15.7 Å². The van der Waals surface area contributed by atoms with Gasteiger partial charge in [0, 0.05) is 27.2 Å². The van der Waals surface area contributed by atoms with Gasteiger partial charge in [-0.2, -0.15) is 0 Å². The molecule has 0 spiro atoms. The maximum absolute atomic E-state index is 12.9. The van der Waals surface area contributed by atoms with Crippen LogP contribution in [0, 0.1) is 6.92 Å². The Labute approximate surface area is 201 Å². The summed E-state index contributed by atoms with van der Waals surface area (Å²) in [6, 6.07) is 24.8. The number of thioether (sulfide) groups is 1. The van der Waals surface area contributed by atoms with Crippen molar-refractivity contribution in [2.24, 2.45) is 0 Å². The first-order valence-electron chi connectivity index (χ1n) is 10.6. The van der Waals surface area contributed by atoms with E-state index in [0.29, 0.717) is 22.0 Å². The van der Waals surface area contributed by atoms with Crippen LogP contribution in [0.4, 0.5) is 11.4 Å². The molecule has 0 aliphatic carbocycles. The third-order valence-corrected chi connectivity index (χ3v) is 6.29. The zero-order chi connectivity index (χ0) is 24.1. The molecule has 0 saturated heterocycles. The normalized spacial score (nSPS) is 10.6. The van der Waals surface area contributed by atoms with E-state index in [0.717, 1.165) is 16.1 Å². The Bertz CT molecular complexity index is 1380. The van der Waals surface area contributed by atoms with Gasteiger partial charge in [-0.3, -0.25) is 9.59 Å². The van der Waals surface area contributed by atoms with E-state index in [4.69, 9.17) is 0 Å². The topological polar surface area (TPSA) is 95.5 Å². The Kier molecular flexibility index (Phi) is 6.94. The van der Waals surface area contributed by atoms with Crippen molar-refractivity contribution in [2.75, 3.05) is 16.4 Å². The molecule has 0 atom stereocenters. The van der Waals surface area contributed by atoms with Gasteiger partial charge in [-0.15, -0.1) is 11.8 Å². The lowest BCUT2D eigenvalue weighted by Crippen LogP contribution is -2.14. The number of hydrogen-bond donors (Lipinski definition) is 3. The second kappa shape index (κ2) is 10.2. The van der Waals surface area contributed by atoms with Crippen molar-refractivity contribution in [3.63, 3.8) is 0 Å². The first kappa shape index (κ1) is 23.1. The van der Waals surface area contributed by atoms with Crippen LogP contribution in [0.2, 0.25) is 0 Å². The van der Waals surface area contributed by atoms with E-state index in [9.17, 15) is 19.5 Å². The molecule has 3 N–H and O–H groups in total. The third-order valence-electron chi connectivity index (χ3n) is 5.28. The molecule has 0 fully saturated rings. The molecule has 0 heterocycles. The predicted octanol–water partition coefficient (Wildman–Crippen LogP) is 5.83. The Hall–Kier alpha value is -4.10. The highest BCUT2D eigenvalue weighted by molar-refractivity contribution is 8.00. The van der Waals surface area contributed by atoms with Gasteiger partial charge in [0.2, 0.25) is 5.91 Å². The van der Waals surface area contributed by atoms with E-state index in [2.05, 4.69) is 10.6 Å². The lowest BCUT2D eigenvalue weighted by atomic mass is 9.98. The number of amides is 2. The van der Waals surface area contributed by atoms with Crippen molar-refractivity contribution in [1.82, 2.24) is 0 Å². The number of benzene rings is 4. The van der Waals surface area contributed by atoms with Gasteiger partial charge in [-0.1, -0.05) is 42.5 Å². The summed E-state index contributed by atoms with van der Waals surface area (Å²) in [6.07, 6.45) is 0. The van der Waals surface area contributed by atoms with Crippen molar-refractivity contribution < 1.29 is 19.5 Å². The van der Waals surface area contributed by atoms with E-state index in [-0.39, 0.29) is 17.2 Å². The summed E-state index contributed by atoms with van der Waals surface area (Å²) >= 11 is 1.39. The largest absolute Gasteiger partial charge is 0.478 e. The van der Waals surface area contributed by atoms with Crippen LogP contribution < -0.4 is 10.6 Å². The highest BCUT2D eigenvalue weighted by atomic mass is 32.2. The van der Waals surface area contributed by atoms with Crippen LogP contribution in [-0.4, -0.2) is 28.6 Å². The number of anilines is 2. The van der Waals surface area contributed by atoms with Crippen LogP contribution in [0.25, 0.3) is 10.8 Å². The molecule has 0 aliphatic rings. The van der Waals surface area contributed by atoms with Crippen molar-refractivity contribution in [1.29, 1.82) is 0 Å². The molecular weight excluding hydrogens is 448 g/mol. The Morgan fingerprint density at radius 2 is 1.47 bits per heavy atom. The Balaban J connectivity index is 1.41. The highest BCUT2D eigenvalue weighted by Gasteiger charge is 2.16. The van der Waals surface area contributed by atoms with Crippen molar-refractivity contribution in [3.8, 4) is 0 Å². The molecule has 6 nitrogen and oxygen atoms in total. The number of carboxylic acids is 1. The zero-order valence-corrected chi connectivity index (χ0v) is 19.2. The number of para-hydroxylation sites is 1. The molecule has 0 aliphatic heterocycles. The SMILES string of the molecule is Cc1ccccc1NC(=O)CSc1ccc(NC(=O)c2cccc3cccc(C(=O)O)c23)cc1. The summed E-state index contributed by atoms with van der Waals surface area (Å²) in [5.41, 5.74) is 2.75. The third kappa shape index (κ3) is 5.27. The summed E-state index contributed by atoms with van der Waals surface area (Å²) in [5, 5.41) is 16.4. The molecule has 7 heteroatoms. The molecule has 4 aromatic rings. The second-order valence-electron chi connectivity index (χ2n) is 7.64. The molecule has 170 valence electrons. The molecular formula is C27H22N2O4S. The minimum absolute atomic E-state index is 0.0824. The number of aryl methyl sites for hydroxylation is 1. The molecule has 4 rings (SSSR count). The van der Waals surface area contributed by atoms with Crippen LogP contribution in [0.15, 0.2) is 89.8 Å². The van der Waals surface area contributed by atoms with Crippen molar-refractivity contribution >= 4 is 51.7 Å². The summed E-state index contributed by atoms with van der Waals surface area (Å²) in [7, 11) is 0. The maximum atomic E-state index is 12.9. The minimum atomic E-state index is -1.08. The molecule has 4 aromatic carbocycles. The van der Waals surface area contributed by atoms with Gasteiger partial charge >= 0.3 is 5.97 Å². The maximum Gasteiger partial charge on any atom is 0.336 e. The van der Waals surface area contributed by atoms with Crippen LogP contribution >= 0.6 is 11.8 Å². The lowest BCUT2D eigenvalue weighted by molar-refractivity contribution is -0.113.